The standard InChI is InChI=1S/C21H24N6O3/c28-20(23-12-15-4-3-11-30-15)16-6-7-17-19(24-16)27(14-8-10-26(17)13-14)21(29)25-18-5-1-2-9-22-18/h1-2,5-7,9,14-15H,3-4,8,10-13H2,(H,23,28)(H,22,25,29)/t14-,15+/m0/s1. The summed E-state index contributed by atoms with van der Waals surface area (Å²) in [5, 5.41) is 5.75. The molecule has 5 heterocycles. The summed E-state index contributed by atoms with van der Waals surface area (Å²) in [6.07, 6.45) is 4.53. The highest BCUT2D eigenvalue weighted by Crippen LogP contribution is 2.39. The molecule has 2 atom stereocenters. The number of anilines is 3. The van der Waals surface area contributed by atoms with Gasteiger partial charge in [0, 0.05) is 32.4 Å². The molecule has 0 saturated carbocycles. The lowest BCUT2D eigenvalue weighted by Crippen LogP contribution is -2.48. The fourth-order valence-corrected chi connectivity index (χ4v) is 4.31. The molecule has 3 amide bonds. The van der Waals surface area contributed by atoms with E-state index in [0.29, 0.717) is 23.9 Å². The van der Waals surface area contributed by atoms with Crippen molar-refractivity contribution in [3.63, 3.8) is 0 Å². The Hall–Kier alpha value is -3.20. The quantitative estimate of drug-likeness (QED) is 0.803. The van der Waals surface area contributed by atoms with Crippen molar-refractivity contribution in [3.05, 3.63) is 42.2 Å². The van der Waals surface area contributed by atoms with Crippen LogP contribution >= 0.6 is 0 Å². The van der Waals surface area contributed by atoms with Crippen LogP contribution in [0.15, 0.2) is 36.5 Å². The molecule has 9 heteroatoms. The predicted octanol–water partition coefficient (Wildman–Crippen LogP) is 2.02. The van der Waals surface area contributed by atoms with Gasteiger partial charge in [-0.1, -0.05) is 6.07 Å². The maximum atomic E-state index is 13.1. The van der Waals surface area contributed by atoms with E-state index in [-0.39, 0.29) is 24.1 Å². The highest BCUT2D eigenvalue weighted by Gasteiger charge is 2.40. The molecule has 2 bridgehead atoms. The second-order valence-corrected chi connectivity index (χ2v) is 7.79. The molecule has 3 aliphatic rings. The van der Waals surface area contributed by atoms with Gasteiger partial charge >= 0.3 is 6.03 Å². The molecular formula is C21H24N6O3. The Kier molecular flexibility index (Phi) is 4.96. The number of rotatable bonds is 4. The van der Waals surface area contributed by atoms with E-state index in [0.717, 1.165) is 44.6 Å². The van der Waals surface area contributed by atoms with E-state index in [1.807, 2.05) is 12.1 Å². The smallest absolute Gasteiger partial charge is 0.329 e. The van der Waals surface area contributed by atoms with Crippen LogP contribution in [-0.4, -0.2) is 60.3 Å². The van der Waals surface area contributed by atoms with E-state index in [4.69, 9.17) is 4.74 Å². The Balaban J connectivity index is 1.38. The number of nitrogens with one attached hydrogen (secondary N) is 2. The number of urea groups is 1. The number of carbonyl (C=O) groups is 2. The van der Waals surface area contributed by atoms with E-state index < -0.39 is 0 Å². The molecule has 156 valence electrons. The maximum Gasteiger partial charge on any atom is 0.329 e. The van der Waals surface area contributed by atoms with Crippen LogP contribution in [0.2, 0.25) is 0 Å². The third kappa shape index (κ3) is 3.56. The molecule has 2 N–H and O–H groups in total. The summed E-state index contributed by atoms with van der Waals surface area (Å²) < 4.78 is 5.56. The summed E-state index contributed by atoms with van der Waals surface area (Å²) in [6.45, 7) is 2.83. The second kappa shape index (κ2) is 7.91. The van der Waals surface area contributed by atoms with Crippen LogP contribution in [0.3, 0.4) is 0 Å². The van der Waals surface area contributed by atoms with E-state index >= 15 is 0 Å². The first-order chi connectivity index (χ1) is 14.7. The van der Waals surface area contributed by atoms with Crippen LogP contribution in [0, 0.1) is 0 Å². The zero-order chi connectivity index (χ0) is 20.5. The van der Waals surface area contributed by atoms with Gasteiger partial charge in [-0.05, 0) is 43.5 Å². The van der Waals surface area contributed by atoms with Crippen LogP contribution in [0.25, 0.3) is 0 Å². The van der Waals surface area contributed by atoms with Gasteiger partial charge in [0.1, 0.15) is 11.5 Å². The van der Waals surface area contributed by atoms with Crippen molar-refractivity contribution in [1.29, 1.82) is 0 Å². The molecule has 30 heavy (non-hydrogen) atoms. The first-order valence-electron chi connectivity index (χ1n) is 10.4. The van der Waals surface area contributed by atoms with E-state index in [2.05, 4.69) is 25.5 Å². The fourth-order valence-electron chi connectivity index (χ4n) is 4.31. The number of fused-ring (bicyclic) bond motifs is 4. The van der Waals surface area contributed by atoms with Gasteiger partial charge in [0.25, 0.3) is 5.91 Å². The van der Waals surface area contributed by atoms with Gasteiger partial charge in [-0.25, -0.2) is 14.8 Å². The Bertz CT molecular complexity index is 947. The van der Waals surface area contributed by atoms with Gasteiger partial charge in [-0.3, -0.25) is 15.0 Å². The van der Waals surface area contributed by atoms with Crippen LogP contribution in [-0.2, 0) is 4.74 Å². The number of hydrogen-bond donors (Lipinski definition) is 2. The molecule has 0 radical (unpaired) electrons. The van der Waals surface area contributed by atoms with E-state index in [1.54, 1.807) is 29.3 Å². The monoisotopic (exact) mass is 408 g/mol. The molecule has 2 aromatic rings. The molecular weight excluding hydrogens is 384 g/mol. The molecule has 0 aliphatic carbocycles. The second-order valence-electron chi connectivity index (χ2n) is 7.79. The summed E-state index contributed by atoms with van der Waals surface area (Å²) in [6, 6.07) is 8.68. The number of aromatic nitrogens is 2. The average Bonchev–Trinajstić information content (AvgIpc) is 3.43. The lowest BCUT2D eigenvalue weighted by atomic mass is 10.1. The summed E-state index contributed by atoms with van der Waals surface area (Å²) in [5.41, 5.74) is 1.17. The molecule has 5 rings (SSSR count). The normalized spacial score (nSPS) is 22.0. The Morgan fingerprint density at radius 1 is 1.20 bits per heavy atom. The Morgan fingerprint density at radius 3 is 2.93 bits per heavy atom. The van der Waals surface area contributed by atoms with Crippen LogP contribution in [0.1, 0.15) is 29.8 Å². The lowest BCUT2D eigenvalue weighted by molar-refractivity contribution is 0.0853. The van der Waals surface area contributed by atoms with Crippen molar-refractivity contribution in [2.45, 2.75) is 31.4 Å². The number of amides is 3. The minimum Gasteiger partial charge on any atom is -0.376 e. The van der Waals surface area contributed by atoms with E-state index in [9.17, 15) is 9.59 Å². The van der Waals surface area contributed by atoms with Crippen molar-refractivity contribution in [3.8, 4) is 0 Å². The summed E-state index contributed by atoms with van der Waals surface area (Å²) in [5.74, 6) is 0.739. The minimum atomic E-state index is -0.286. The van der Waals surface area contributed by atoms with Gasteiger partial charge in [0.2, 0.25) is 0 Å². The molecule has 0 unspecified atom stereocenters. The zero-order valence-corrected chi connectivity index (χ0v) is 16.6. The van der Waals surface area contributed by atoms with Crippen molar-refractivity contribution in [2.24, 2.45) is 0 Å². The van der Waals surface area contributed by atoms with Crippen molar-refractivity contribution in [2.75, 3.05) is 41.4 Å². The van der Waals surface area contributed by atoms with Crippen molar-refractivity contribution >= 4 is 29.3 Å². The van der Waals surface area contributed by atoms with Crippen LogP contribution in [0.4, 0.5) is 22.1 Å². The maximum absolute atomic E-state index is 13.1. The van der Waals surface area contributed by atoms with Crippen molar-refractivity contribution in [1.82, 2.24) is 15.3 Å². The number of pyridine rings is 2. The van der Waals surface area contributed by atoms with Crippen LogP contribution < -0.4 is 20.4 Å². The molecule has 0 aromatic carbocycles. The van der Waals surface area contributed by atoms with Gasteiger partial charge in [-0.15, -0.1) is 0 Å². The predicted molar refractivity (Wildman–Crippen MR) is 112 cm³/mol. The topological polar surface area (TPSA) is 99.7 Å². The van der Waals surface area contributed by atoms with Gasteiger partial charge in [0.05, 0.1) is 17.8 Å². The number of nitrogens with zero attached hydrogens (tertiary/aromatic N) is 4. The molecule has 2 fully saturated rings. The fraction of sp³-hybridized carbons (Fsp3) is 0.429. The highest BCUT2D eigenvalue weighted by atomic mass is 16.5. The van der Waals surface area contributed by atoms with Gasteiger partial charge in [-0.2, -0.15) is 0 Å². The lowest BCUT2D eigenvalue weighted by Gasteiger charge is -2.35. The number of hydrogen-bond acceptors (Lipinski definition) is 6. The Morgan fingerprint density at radius 2 is 2.13 bits per heavy atom. The van der Waals surface area contributed by atoms with Gasteiger partial charge < -0.3 is 15.0 Å². The molecule has 0 spiro atoms. The van der Waals surface area contributed by atoms with E-state index in [1.165, 1.54) is 0 Å². The summed E-state index contributed by atoms with van der Waals surface area (Å²) >= 11 is 0. The zero-order valence-electron chi connectivity index (χ0n) is 16.6. The average molecular weight is 408 g/mol. The highest BCUT2D eigenvalue weighted by molar-refractivity contribution is 6.05. The molecule has 2 aromatic heterocycles. The molecule has 3 aliphatic heterocycles. The first-order valence-corrected chi connectivity index (χ1v) is 10.4. The number of carbonyl (C=O) groups excluding carboxylic acids is 2. The van der Waals surface area contributed by atoms with Crippen LogP contribution in [0.5, 0.6) is 0 Å². The largest absolute Gasteiger partial charge is 0.376 e. The van der Waals surface area contributed by atoms with Crippen molar-refractivity contribution < 1.29 is 14.3 Å². The summed E-state index contributed by atoms with van der Waals surface area (Å²) in [4.78, 5) is 38.4. The molecule has 2 saturated heterocycles. The third-order valence-corrected chi connectivity index (χ3v) is 5.82. The Labute approximate surface area is 174 Å². The summed E-state index contributed by atoms with van der Waals surface area (Å²) in [7, 11) is 0. The third-order valence-electron chi connectivity index (χ3n) is 5.82. The van der Waals surface area contributed by atoms with Gasteiger partial charge in [0.15, 0.2) is 5.82 Å². The number of ether oxygens (including phenoxy) is 1. The SMILES string of the molecule is O=C(NC[C@H]1CCCO1)c1ccc2c(n1)N(C(=O)Nc1ccccn1)[C@H]1CCN2C1. The molecule has 9 nitrogen and oxygen atoms in total. The minimum absolute atomic E-state index is 0.0129. The first kappa shape index (κ1) is 18.8.